The van der Waals surface area contributed by atoms with E-state index in [1.54, 1.807) is 36.9 Å². The number of halogens is 2. The molecule has 7 heteroatoms. The first kappa shape index (κ1) is 24.6. The van der Waals surface area contributed by atoms with Gasteiger partial charge < -0.3 is 15.1 Å². The van der Waals surface area contributed by atoms with Crippen LogP contribution in [0.15, 0.2) is 48.5 Å². The third-order valence-corrected chi connectivity index (χ3v) is 6.95. The molecule has 0 spiro atoms. The Balaban J connectivity index is 2.25. The number of rotatable bonds is 7. The highest BCUT2D eigenvalue weighted by Crippen LogP contribution is 2.52. The number of piperidine rings is 1. The number of hydrogen-bond donors (Lipinski definition) is 2. The van der Waals surface area contributed by atoms with Gasteiger partial charge in [0.1, 0.15) is 0 Å². The summed E-state index contributed by atoms with van der Waals surface area (Å²) in [6, 6.07) is 13.9. The minimum atomic E-state index is -1.12. The van der Waals surface area contributed by atoms with E-state index in [4.69, 9.17) is 23.2 Å². The summed E-state index contributed by atoms with van der Waals surface area (Å²) >= 11 is 12.4. The molecule has 1 fully saturated rings. The Morgan fingerprint density at radius 3 is 2.34 bits per heavy atom. The predicted molar refractivity (Wildman–Crippen MR) is 126 cm³/mol. The van der Waals surface area contributed by atoms with Crippen molar-refractivity contribution >= 4 is 35.1 Å². The van der Waals surface area contributed by atoms with Crippen molar-refractivity contribution in [1.82, 2.24) is 4.90 Å². The van der Waals surface area contributed by atoms with Crippen molar-refractivity contribution in [3.63, 3.8) is 0 Å². The fraction of sp³-hybridized carbons (Fsp3) is 0.440. The van der Waals surface area contributed by atoms with Crippen LogP contribution in [0, 0.1) is 5.41 Å². The van der Waals surface area contributed by atoms with E-state index < -0.39 is 29.6 Å². The summed E-state index contributed by atoms with van der Waals surface area (Å²) in [5, 5.41) is 21.3. The predicted octanol–water partition coefficient (Wildman–Crippen LogP) is 5.69. The number of carbonyl (C=O) groups excluding carboxylic acids is 1. The fourth-order valence-electron chi connectivity index (χ4n) is 5.02. The highest BCUT2D eigenvalue weighted by Gasteiger charge is 2.52. The van der Waals surface area contributed by atoms with Crippen molar-refractivity contribution in [2.24, 2.45) is 5.41 Å². The highest BCUT2D eigenvalue weighted by atomic mass is 35.5. The second-order valence-electron chi connectivity index (χ2n) is 8.92. The number of amides is 1. The molecule has 1 aliphatic rings. The van der Waals surface area contributed by atoms with E-state index in [0.717, 1.165) is 11.1 Å². The first-order valence-electron chi connectivity index (χ1n) is 10.8. The summed E-state index contributed by atoms with van der Waals surface area (Å²) in [6.45, 7) is 5.29. The summed E-state index contributed by atoms with van der Waals surface area (Å²) in [6.07, 6.45) is -0.202. The lowest BCUT2D eigenvalue weighted by Crippen LogP contribution is -2.58. The molecule has 2 unspecified atom stereocenters. The fourth-order valence-corrected chi connectivity index (χ4v) is 5.34. The Morgan fingerprint density at radius 1 is 1.16 bits per heavy atom. The lowest BCUT2D eigenvalue weighted by Gasteiger charge is -2.52. The van der Waals surface area contributed by atoms with E-state index in [9.17, 15) is 19.8 Å². The molecule has 1 aliphatic heterocycles. The average molecular weight is 478 g/mol. The van der Waals surface area contributed by atoms with Gasteiger partial charge in [0.15, 0.2) is 0 Å². The normalized spacial score (nSPS) is 25.4. The van der Waals surface area contributed by atoms with Gasteiger partial charge in [0.25, 0.3) is 0 Å². The van der Waals surface area contributed by atoms with Gasteiger partial charge in [-0.05, 0) is 55.2 Å². The van der Waals surface area contributed by atoms with Crippen molar-refractivity contribution in [1.29, 1.82) is 0 Å². The first-order valence-corrected chi connectivity index (χ1v) is 11.6. The summed E-state index contributed by atoms with van der Waals surface area (Å²) < 4.78 is 0. The molecule has 172 valence electrons. The number of carboxylic acids is 1. The maximum Gasteiger partial charge on any atom is 0.304 e. The molecular formula is C25H29Cl2NO4. The number of aliphatic hydroxyl groups is 1. The Kier molecular flexibility index (Phi) is 7.53. The van der Waals surface area contributed by atoms with Crippen LogP contribution in [-0.4, -0.2) is 39.1 Å². The van der Waals surface area contributed by atoms with Crippen molar-refractivity contribution in [3.05, 3.63) is 69.7 Å². The molecule has 1 amide bonds. The first-order chi connectivity index (χ1) is 15.1. The van der Waals surface area contributed by atoms with E-state index in [2.05, 4.69) is 0 Å². The quantitative estimate of drug-likeness (QED) is 0.536. The number of hydrogen-bond acceptors (Lipinski definition) is 3. The Bertz CT molecular complexity index is 978. The van der Waals surface area contributed by atoms with Crippen LogP contribution in [0.4, 0.5) is 0 Å². The number of aliphatic hydroxyl groups excluding tert-OH is 1. The number of carbonyl (C=O) groups is 2. The van der Waals surface area contributed by atoms with Gasteiger partial charge in [-0.25, -0.2) is 0 Å². The van der Waals surface area contributed by atoms with Crippen molar-refractivity contribution in [3.8, 4) is 0 Å². The SMILES string of the molecule is CCC([C@@H](C)O)N1C(=O)[C@@](C)(CC(=O)O)C[C@H](c2cccc(Cl)c2)C1c1ccc(Cl)cc1. The zero-order chi connectivity index (χ0) is 23.6. The molecule has 1 saturated heterocycles. The largest absolute Gasteiger partial charge is 0.481 e. The van der Waals surface area contributed by atoms with Gasteiger partial charge in [-0.1, -0.05) is 61.3 Å². The smallest absolute Gasteiger partial charge is 0.304 e. The standard InChI is InChI=1S/C25H29Cl2NO4/c1-4-21(15(2)29)28-23(16-8-10-18(26)11-9-16)20(17-6-5-7-19(27)12-17)13-25(3,24(28)32)14-22(30)31/h5-12,15,20-21,23,29H,4,13-14H2,1-3H3,(H,30,31)/t15-,20-,21?,23?,25-/m1/s1. The summed E-state index contributed by atoms with van der Waals surface area (Å²) in [5.41, 5.74) is 0.681. The van der Waals surface area contributed by atoms with Crippen LogP contribution in [0.5, 0.6) is 0 Å². The van der Waals surface area contributed by atoms with Crippen LogP contribution in [0.3, 0.4) is 0 Å². The van der Waals surface area contributed by atoms with Crippen molar-refractivity contribution in [2.45, 2.75) is 64.1 Å². The summed E-state index contributed by atoms with van der Waals surface area (Å²) in [4.78, 5) is 27.3. The number of likely N-dealkylation sites (tertiary alicyclic amines) is 1. The van der Waals surface area contributed by atoms with Crippen LogP contribution in [0.2, 0.25) is 10.0 Å². The lowest BCUT2D eigenvalue weighted by molar-refractivity contribution is -0.163. The molecule has 3 rings (SSSR count). The van der Waals surface area contributed by atoms with Crippen LogP contribution in [-0.2, 0) is 9.59 Å². The molecule has 5 nitrogen and oxygen atoms in total. The Morgan fingerprint density at radius 2 is 1.81 bits per heavy atom. The minimum absolute atomic E-state index is 0.218. The van der Waals surface area contributed by atoms with Gasteiger partial charge in [-0.2, -0.15) is 0 Å². The molecule has 0 aromatic heterocycles. The molecule has 5 atom stereocenters. The third kappa shape index (κ3) is 4.95. The number of aliphatic carboxylic acids is 1. The molecule has 32 heavy (non-hydrogen) atoms. The zero-order valence-corrected chi connectivity index (χ0v) is 20.0. The van der Waals surface area contributed by atoms with Gasteiger partial charge >= 0.3 is 5.97 Å². The van der Waals surface area contributed by atoms with E-state index >= 15 is 0 Å². The average Bonchev–Trinajstić information content (AvgIpc) is 2.71. The van der Waals surface area contributed by atoms with Crippen LogP contribution >= 0.6 is 23.2 Å². The molecule has 0 bridgehead atoms. The monoisotopic (exact) mass is 477 g/mol. The van der Waals surface area contributed by atoms with E-state index in [-0.39, 0.29) is 18.2 Å². The maximum absolute atomic E-state index is 13.9. The van der Waals surface area contributed by atoms with Gasteiger partial charge in [0.05, 0.1) is 30.0 Å². The Hall–Kier alpha value is -2.08. The molecule has 1 heterocycles. The minimum Gasteiger partial charge on any atom is -0.481 e. The van der Waals surface area contributed by atoms with Gasteiger partial charge in [-0.3, -0.25) is 9.59 Å². The maximum atomic E-state index is 13.9. The Labute approximate surface area is 199 Å². The highest BCUT2D eigenvalue weighted by molar-refractivity contribution is 6.30. The molecule has 0 aliphatic carbocycles. The van der Waals surface area contributed by atoms with Crippen molar-refractivity contribution in [2.75, 3.05) is 0 Å². The topological polar surface area (TPSA) is 77.8 Å². The van der Waals surface area contributed by atoms with Gasteiger partial charge in [0.2, 0.25) is 5.91 Å². The van der Waals surface area contributed by atoms with Crippen LogP contribution in [0.1, 0.15) is 63.1 Å². The molecule has 2 aromatic carbocycles. The van der Waals surface area contributed by atoms with Crippen molar-refractivity contribution < 1.29 is 19.8 Å². The van der Waals surface area contributed by atoms with Gasteiger partial charge in [-0.15, -0.1) is 0 Å². The lowest BCUT2D eigenvalue weighted by atomic mass is 9.67. The van der Waals surface area contributed by atoms with Gasteiger partial charge in [0, 0.05) is 16.0 Å². The van der Waals surface area contributed by atoms with Crippen LogP contribution in [0.25, 0.3) is 0 Å². The molecular weight excluding hydrogens is 449 g/mol. The molecule has 0 radical (unpaired) electrons. The number of benzene rings is 2. The molecule has 2 N–H and O–H groups in total. The molecule has 0 saturated carbocycles. The number of nitrogens with zero attached hydrogens (tertiary/aromatic N) is 1. The second-order valence-corrected chi connectivity index (χ2v) is 9.79. The van der Waals surface area contributed by atoms with E-state index in [1.807, 2.05) is 37.3 Å². The van der Waals surface area contributed by atoms with E-state index in [1.165, 1.54) is 0 Å². The summed E-state index contributed by atoms with van der Waals surface area (Å²) in [5.74, 6) is -1.50. The summed E-state index contributed by atoms with van der Waals surface area (Å²) in [7, 11) is 0. The third-order valence-electron chi connectivity index (χ3n) is 6.46. The van der Waals surface area contributed by atoms with Crippen LogP contribution < -0.4 is 0 Å². The zero-order valence-electron chi connectivity index (χ0n) is 18.5. The number of carboxylic acid groups (broad SMARTS) is 1. The van der Waals surface area contributed by atoms with E-state index in [0.29, 0.717) is 22.9 Å². The second kappa shape index (κ2) is 9.82. The molecule has 2 aromatic rings.